The zero-order chi connectivity index (χ0) is 14.0. The van der Waals surface area contributed by atoms with E-state index < -0.39 is 5.97 Å². The summed E-state index contributed by atoms with van der Waals surface area (Å²) in [7, 11) is 0. The Morgan fingerprint density at radius 1 is 1.47 bits per heavy atom. The number of nitrogens with zero attached hydrogens (tertiary/aromatic N) is 1. The average Bonchev–Trinajstić information content (AvgIpc) is 2.71. The highest BCUT2D eigenvalue weighted by Gasteiger charge is 2.21. The summed E-state index contributed by atoms with van der Waals surface area (Å²) >= 11 is 13.2. The summed E-state index contributed by atoms with van der Waals surface area (Å²) in [5, 5.41) is 1.23. The Balaban J connectivity index is 2.52. The zero-order valence-corrected chi connectivity index (χ0v) is 12.3. The Morgan fingerprint density at radius 2 is 2.21 bits per heavy atom. The van der Waals surface area contributed by atoms with E-state index >= 15 is 0 Å². The Kier molecular flexibility index (Phi) is 4.29. The van der Waals surface area contributed by atoms with E-state index in [2.05, 4.69) is 4.98 Å². The molecule has 2 N–H and O–H groups in total. The van der Waals surface area contributed by atoms with Gasteiger partial charge < -0.3 is 10.5 Å². The number of rotatable bonds is 3. The number of esters is 1. The second-order valence-electron chi connectivity index (χ2n) is 3.57. The van der Waals surface area contributed by atoms with Gasteiger partial charge in [0.15, 0.2) is 10.8 Å². The fourth-order valence-electron chi connectivity index (χ4n) is 1.53. The molecule has 0 fully saturated rings. The van der Waals surface area contributed by atoms with E-state index in [0.29, 0.717) is 20.5 Å². The van der Waals surface area contributed by atoms with Gasteiger partial charge in [0.05, 0.1) is 16.5 Å². The number of hydrogen-bond donors (Lipinski definition) is 1. The standard InChI is InChI=1S/C12H10Cl2N2O2S/c1-2-18-11(17)9-10(19-12(15)16-9)7-4-3-6(13)5-8(7)14/h3-5H,2H2,1H3,(H2,15,16). The third kappa shape index (κ3) is 3.00. The molecule has 0 saturated carbocycles. The molecule has 1 aromatic carbocycles. The molecule has 2 aromatic rings. The maximum Gasteiger partial charge on any atom is 0.358 e. The van der Waals surface area contributed by atoms with Gasteiger partial charge in [-0.1, -0.05) is 40.6 Å². The molecule has 0 radical (unpaired) electrons. The van der Waals surface area contributed by atoms with Crippen LogP contribution in [0.5, 0.6) is 0 Å². The van der Waals surface area contributed by atoms with Crippen LogP contribution in [-0.2, 0) is 4.74 Å². The molecular formula is C12H10Cl2N2O2S. The SMILES string of the molecule is CCOC(=O)c1nc(N)sc1-c1ccc(Cl)cc1Cl. The fraction of sp³-hybridized carbons (Fsp3) is 0.167. The Bertz CT molecular complexity index is 628. The summed E-state index contributed by atoms with van der Waals surface area (Å²) in [6.07, 6.45) is 0. The first-order valence-electron chi connectivity index (χ1n) is 5.41. The second kappa shape index (κ2) is 5.77. The molecule has 7 heteroatoms. The van der Waals surface area contributed by atoms with Crippen molar-refractivity contribution < 1.29 is 9.53 Å². The van der Waals surface area contributed by atoms with E-state index in [9.17, 15) is 4.79 Å². The normalized spacial score (nSPS) is 10.5. The van der Waals surface area contributed by atoms with Crippen LogP contribution in [0.25, 0.3) is 10.4 Å². The van der Waals surface area contributed by atoms with Crippen molar-refractivity contribution in [3.63, 3.8) is 0 Å². The van der Waals surface area contributed by atoms with Crippen molar-refractivity contribution in [3.05, 3.63) is 33.9 Å². The van der Waals surface area contributed by atoms with Gasteiger partial charge in [-0.05, 0) is 19.1 Å². The lowest BCUT2D eigenvalue weighted by molar-refractivity contribution is 0.0521. The molecule has 19 heavy (non-hydrogen) atoms. The Labute approximate surface area is 124 Å². The summed E-state index contributed by atoms with van der Waals surface area (Å²) in [5.41, 5.74) is 6.49. The van der Waals surface area contributed by atoms with Crippen LogP contribution >= 0.6 is 34.5 Å². The zero-order valence-electron chi connectivity index (χ0n) is 9.94. The van der Waals surface area contributed by atoms with Gasteiger partial charge in [-0.25, -0.2) is 9.78 Å². The lowest BCUT2D eigenvalue weighted by Crippen LogP contribution is -2.06. The van der Waals surface area contributed by atoms with Crippen molar-refractivity contribution in [1.29, 1.82) is 0 Å². The summed E-state index contributed by atoms with van der Waals surface area (Å²) < 4.78 is 4.95. The molecule has 100 valence electrons. The number of benzene rings is 1. The van der Waals surface area contributed by atoms with Gasteiger partial charge >= 0.3 is 5.97 Å². The number of ether oxygens (including phenoxy) is 1. The summed E-state index contributed by atoms with van der Waals surface area (Å²) in [4.78, 5) is 16.4. The molecule has 2 rings (SSSR count). The van der Waals surface area contributed by atoms with E-state index in [4.69, 9.17) is 33.7 Å². The maximum absolute atomic E-state index is 11.8. The van der Waals surface area contributed by atoms with Crippen LogP contribution < -0.4 is 5.73 Å². The lowest BCUT2D eigenvalue weighted by Gasteiger charge is -2.04. The molecule has 0 atom stereocenters. The van der Waals surface area contributed by atoms with E-state index in [-0.39, 0.29) is 17.4 Å². The quantitative estimate of drug-likeness (QED) is 0.873. The van der Waals surface area contributed by atoms with Crippen molar-refractivity contribution in [2.75, 3.05) is 12.3 Å². The molecule has 0 aliphatic carbocycles. The van der Waals surface area contributed by atoms with Crippen LogP contribution in [-0.4, -0.2) is 17.6 Å². The van der Waals surface area contributed by atoms with Gasteiger partial charge in [0.25, 0.3) is 0 Å². The molecule has 0 bridgehead atoms. The van der Waals surface area contributed by atoms with Crippen LogP contribution in [0.1, 0.15) is 17.4 Å². The number of nitrogen functional groups attached to an aromatic ring is 1. The van der Waals surface area contributed by atoms with Crippen molar-refractivity contribution in [2.24, 2.45) is 0 Å². The van der Waals surface area contributed by atoms with Crippen LogP contribution in [0, 0.1) is 0 Å². The predicted molar refractivity (Wildman–Crippen MR) is 77.9 cm³/mol. The first kappa shape index (κ1) is 14.1. The monoisotopic (exact) mass is 316 g/mol. The van der Waals surface area contributed by atoms with Crippen LogP contribution in [0.3, 0.4) is 0 Å². The van der Waals surface area contributed by atoms with Gasteiger partial charge in [-0.3, -0.25) is 0 Å². The molecular weight excluding hydrogens is 307 g/mol. The Hall–Kier alpha value is -1.30. The van der Waals surface area contributed by atoms with E-state index in [1.54, 1.807) is 25.1 Å². The summed E-state index contributed by atoms with van der Waals surface area (Å²) in [6.45, 7) is 1.99. The second-order valence-corrected chi connectivity index (χ2v) is 5.45. The number of aromatic nitrogens is 1. The number of nitrogens with two attached hydrogens (primary N) is 1. The molecule has 0 spiro atoms. The number of anilines is 1. The van der Waals surface area contributed by atoms with E-state index in [1.165, 1.54) is 11.3 Å². The topological polar surface area (TPSA) is 65.2 Å². The molecule has 1 heterocycles. The van der Waals surface area contributed by atoms with Crippen molar-refractivity contribution in [1.82, 2.24) is 4.98 Å². The predicted octanol–water partition coefficient (Wildman–Crippen LogP) is 3.88. The van der Waals surface area contributed by atoms with Gasteiger partial charge in [0.2, 0.25) is 0 Å². The average molecular weight is 317 g/mol. The van der Waals surface area contributed by atoms with Crippen LogP contribution in [0.2, 0.25) is 10.0 Å². The van der Waals surface area contributed by atoms with Gasteiger partial charge in [0, 0.05) is 10.6 Å². The highest BCUT2D eigenvalue weighted by molar-refractivity contribution is 7.19. The van der Waals surface area contributed by atoms with Gasteiger partial charge in [-0.2, -0.15) is 0 Å². The third-order valence-corrected chi connectivity index (χ3v) is 3.75. The highest BCUT2D eigenvalue weighted by Crippen LogP contribution is 2.37. The first-order chi connectivity index (χ1) is 9.02. The van der Waals surface area contributed by atoms with Gasteiger partial charge in [0.1, 0.15) is 0 Å². The first-order valence-corrected chi connectivity index (χ1v) is 6.99. The number of thiazole rings is 1. The van der Waals surface area contributed by atoms with Crippen molar-refractivity contribution in [3.8, 4) is 10.4 Å². The molecule has 0 aliphatic rings. The smallest absolute Gasteiger partial charge is 0.358 e. The molecule has 0 amide bonds. The van der Waals surface area contributed by atoms with Crippen molar-refractivity contribution >= 4 is 45.6 Å². The van der Waals surface area contributed by atoms with Crippen LogP contribution in [0.15, 0.2) is 18.2 Å². The number of carbonyl (C=O) groups excluding carboxylic acids is 1. The highest BCUT2D eigenvalue weighted by atomic mass is 35.5. The maximum atomic E-state index is 11.8. The van der Waals surface area contributed by atoms with Gasteiger partial charge in [-0.15, -0.1) is 0 Å². The molecule has 0 saturated heterocycles. The minimum absolute atomic E-state index is 0.175. The fourth-order valence-corrected chi connectivity index (χ4v) is 2.95. The minimum Gasteiger partial charge on any atom is -0.461 e. The summed E-state index contributed by atoms with van der Waals surface area (Å²) in [5.74, 6) is -0.517. The van der Waals surface area contributed by atoms with E-state index in [0.717, 1.165) is 0 Å². The Morgan fingerprint density at radius 3 is 2.84 bits per heavy atom. The molecule has 1 aromatic heterocycles. The third-order valence-electron chi connectivity index (χ3n) is 2.29. The number of carbonyl (C=O) groups is 1. The molecule has 0 aliphatic heterocycles. The van der Waals surface area contributed by atoms with Crippen LogP contribution in [0.4, 0.5) is 5.13 Å². The van der Waals surface area contributed by atoms with Crippen molar-refractivity contribution in [2.45, 2.75) is 6.92 Å². The van der Waals surface area contributed by atoms with E-state index in [1.807, 2.05) is 0 Å². The molecule has 0 unspecified atom stereocenters. The molecule has 4 nitrogen and oxygen atoms in total. The minimum atomic E-state index is -0.517. The largest absolute Gasteiger partial charge is 0.461 e. The number of halogens is 2. The number of hydrogen-bond acceptors (Lipinski definition) is 5. The summed E-state index contributed by atoms with van der Waals surface area (Å²) in [6, 6.07) is 5.01. The lowest BCUT2D eigenvalue weighted by atomic mass is 10.1.